The molecule has 4 heteroatoms. The lowest BCUT2D eigenvalue weighted by atomic mass is 10.1. The zero-order chi connectivity index (χ0) is 12.8. The fraction of sp³-hybridized carbons (Fsp3) is 0.133. The van der Waals surface area contributed by atoms with Gasteiger partial charge in [-0.05, 0) is 12.1 Å². The van der Waals surface area contributed by atoms with Crippen molar-refractivity contribution in [3.63, 3.8) is 0 Å². The largest absolute Gasteiger partial charge is 0.447 e. The molecule has 1 N–H and O–H groups in total. The number of hydrogen-bond donors (Lipinski definition) is 1. The number of hydrogen-bond acceptors (Lipinski definition) is 2. The van der Waals surface area contributed by atoms with Crippen LogP contribution in [0.3, 0.4) is 0 Å². The molecule has 0 aliphatic carbocycles. The zero-order valence-electron chi connectivity index (χ0n) is 10.2. The summed E-state index contributed by atoms with van der Waals surface area (Å²) in [7, 11) is 0. The molecule has 4 rings (SSSR count). The molecule has 1 aliphatic heterocycles. The van der Waals surface area contributed by atoms with Gasteiger partial charge in [0.25, 0.3) is 0 Å². The van der Waals surface area contributed by atoms with Crippen molar-refractivity contribution in [2.45, 2.75) is 0 Å². The summed E-state index contributed by atoms with van der Waals surface area (Å²) >= 11 is 0. The van der Waals surface area contributed by atoms with Crippen molar-refractivity contribution in [1.29, 1.82) is 0 Å². The number of aromatic nitrogens is 1. The van der Waals surface area contributed by atoms with Gasteiger partial charge in [-0.1, -0.05) is 30.3 Å². The number of fused-ring (bicyclic) bond motifs is 3. The number of nitrogens with one attached hydrogen (secondary N) is 1. The van der Waals surface area contributed by atoms with E-state index in [1.807, 2.05) is 30.3 Å². The minimum atomic E-state index is -0.272. The Morgan fingerprint density at radius 1 is 1.05 bits per heavy atom. The molecule has 1 fully saturated rings. The number of carbonyl (C=O) groups is 1. The summed E-state index contributed by atoms with van der Waals surface area (Å²) in [6.45, 7) is 1.06. The van der Waals surface area contributed by atoms with Gasteiger partial charge in [-0.15, -0.1) is 0 Å². The topological polar surface area (TPSA) is 45.3 Å². The number of para-hydroxylation sites is 2. The number of cyclic esters (lactones) is 1. The first kappa shape index (κ1) is 10.4. The molecule has 0 spiro atoms. The van der Waals surface area contributed by atoms with Gasteiger partial charge >= 0.3 is 6.09 Å². The smallest absolute Gasteiger partial charge is 0.414 e. The zero-order valence-corrected chi connectivity index (χ0v) is 10.2. The summed E-state index contributed by atoms with van der Waals surface area (Å²) in [6, 6.07) is 14.1. The molecule has 1 aromatic heterocycles. The van der Waals surface area contributed by atoms with E-state index >= 15 is 0 Å². The lowest BCUT2D eigenvalue weighted by Crippen LogP contribution is -2.23. The van der Waals surface area contributed by atoms with Gasteiger partial charge in [-0.2, -0.15) is 0 Å². The first-order chi connectivity index (χ1) is 9.34. The van der Waals surface area contributed by atoms with E-state index in [9.17, 15) is 4.79 Å². The molecular formula is C15H12N2O2. The van der Waals surface area contributed by atoms with E-state index < -0.39 is 0 Å². The van der Waals surface area contributed by atoms with Crippen molar-refractivity contribution in [1.82, 2.24) is 4.98 Å². The van der Waals surface area contributed by atoms with Crippen molar-refractivity contribution in [3.05, 3.63) is 42.5 Å². The van der Waals surface area contributed by atoms with Crippen molar-refractivity contribution < 1.29 is 9.53 Å². The number of rotatable bonds is 1. The van der Waals surface area contributed by atoms with Crippen molar-refractivity contribution in [2.24, 2.45) is 0 Å². The average Bonchev–Trinajstić information content (AvgIpc) is 3.02. The average molecular weight is 252 g/mol. The molecule has 1 aliphatic rings. The summed E-state index contributed by atoms with van der Waals surface area (Å²) in [5.74, 6) is 0. The monoisotopic (exact) mass is 252 g/mol. The van der Waals surface area contributed by atoms with E-state index in [0.29, 0.717) is 13.2 Å². The summed E-state index contributed by atoms with van der Waals surface area (Å²) in [6.07, 6.45) is -0.272. The third kappa shape index (κ3) is 1.43. The van der Waals surface area contributed by atoms with Crippen molar-refractivity contribution in [3.8, 4) is 0 Å². The summed E-state index contributed by atoms with van der Waals surface area (Å²) in [5, 5.41) is 2.31. The standard InChI is InChI=1S/C15H12N2O2/c18-15-17(8-9-19-15)13-7-3-5-11-10-4-1-2-6-12(10)16-14(11)13/h1-7,16H,8-9H2. The number of benzene rings is 2. The Morgan fingerprint density at radius 2 is 1.89 bits per heavy atom. The lowest BCUT2D eigenvalue weighted by Gasteiger charge is -2.13. The highest BCUT2D eigenvalue weighted by molar-refractivity contribution is 6.13. The maximum Gasteiger partial charge on any atom is 0.414 e. The third-order valence-corrected chi connectivity index (χ3v) is 3.57. The molecule has 2 heterocycles. The molecule has 19 heavy (non-hydrogen) atoms. The van der Waals surface area contributed by atoms with Crippen LogP contribution in [0, 0.1) is 0 Å². The second kappa shape index (κ2) is 3.75. The number of ether oxygens (including phenoxy) is 1. The van der Waals surface area contributed by atoms with Gasteiger partial charge < -0.3 is 9.72 Å². The van der Waals surface area contributed by atoms with Gasteiger partial charge in [0.05, 0.1) is 17.7 Å². The molecule has 2 aromatic carbocycles. The van der Waals surface area contributed by atoms with Crippen LogP contribution in [0.1, 0.15) is 0 Å². The molecule has 0 atom stereocenters. The molecule has 3 aromatic rings. The van der Waals surface area contributed by atoms with E-state index in [1.165, 1.54) is 5.39 Å². The van der Waals surface area contributed by atoms with E-state index in [4.69, 9.17) is 4.74 Å². The van der Waals surface area contributed by atoms with Crippen LogP contribution in [-0.2, 0) is 4.74 Å². The molecular weight excluding hydrogens is 240 g/mol. The highest BCUT2D eigenvalue weighted by Crippen LogP contribution is 2.33. The second-order valence-corrected chi connectivity index (χ2v) is 4.64. The third-order valence-electron chi connectivity index (χ3n) is 3.57. The van der Waals surface area contributed by atoms with Gasteiger partial charge in [0.1, 0.15) is 6.61 Å². The number of anilines is 1. The Labute approximate surface area is 109 Å². The van der Waals surface area contributed by atoms with Gasteiger partial charge in [-0.25, -0.2) is 4.79 Å². The molecule has 0 unspecified atom stereocenters. The Morgan fingerprint density at radius 3 is 2.74 bits per heavy atom. The van der Waals surface area contributed by atoms with Crippen LogP contribution in [0.25, 0.3) is 21.8 Å². The van der Waals surface area contributed by atoms with Crippen LogP contribution in [0.15, 0.2) is 42.5 Å². The van der Waals surface area contributed by atoms with E-state index in [0.717, 1.165) is 22.1 Å². The Bertz CT molecular complexity index is 791. The van der Waals surface area contributed by atoms with Gasteiger partial charge in [0.2, 0.25) is 0 Å². The Kier molecular flexibility index (Phi) is 2.06. The summed E-state index contributed by atoms with van der Waals surface area (Å²) < 4.78 is 5.02. The van der Waals surface area contributed by atoms with Crippen molar-refractivity contribution in [2.75, 3.05) is 18.1 Å². The fourth-order valence-corrected chi connectivity index (χ4v) is 2.69. The number of carbonyl (C=O) groups excluding carboxylic acids is 1. The minimum Gasteiger partial charge on any atom is -0.447 e. The lowest BCUT2D eigenvalue weighted by molar-refractivity contribution is 0.181. The highest BCUT2D eigenvalue weighted by Gasteiger charge is 2.25. The second-order valence-electron chi connectivity index (χ2n) is 4.64. The van der Waals surface area contributed by atoms with Crippen LogP contribution >= 0.6 is 0 Å². The molecule has 0 saturated carbocycles. The van der Waals surface area contributed by atoms with Crippen LogP contribution in [0.5, 0.6) is 0 Å². The molecule has 0 radical (unpaired) electrons. The Hall–Kier alpha value is -2.49. The predicted octanol–water partition coefficient (Wildman–Crippen LogP) is 3.28. The number of H-pyrrole nitrogens is 1. The van der Waals surface area contributed by atoms with Crippen LogP contribution in [-0.4, -0.2) is 24.2 Å². The first-order valence-corrected chi connectivity index (χ1v) is 6.28. The van der Waals surface area contributed by atoms with Gasteiger partial charge in [0, 0.05) is 16.3 Å². The summed E-state index contributed by atoms with van der Waals surface area (Å²) in [4.78, 5) is 16.8. The van der Waals surface area contributed by atoms with Crippen LogP contribution in [0.2, 0.25) is 0 Å². The molecule has 1 amide bonds. The number of nitrogens with zero attached hydrogens (tertiary/aromatic N) is 1. The maximum absolute atomic E-state index is 11.7. The van der Waals surface area contributed by atoms with E-state index in [2.05, 4.69) is 17.1 Å². The van der Waals surface area contributed by atoms with E-state index in [1.54, 1.807) is 4.90 Å². The quantitative estimate of drug-likeness (QED) is 0.722. The normalized spacial score (nSPS) is 15.4. The van der Waals surface area contributed by atoms with Crippen LogP contribution in [0.4, 0.5) is 10.5 Å². The van der Waals surface area contributed by atoms with E-state index in [-0.39, 0.29) is 6.09 Å². The first-order valence-electron chi connectivity index (χ1n) is 6.28. The van der Waals surface area contributed by atoms with Crippen molar-refractivity contribution >= 4 is 33.6 Å². The molecule has 0 bridgehead atoms. The molecule has 94 valence electrons. The highest BCUT2D eigenvalue weighted by atomic mass is 16.6. The maximum atomic E-state index is 11.7. The SMILES string of the molecule is O=C1OCCN1c1cccc2c1[nH]c1ccccc12. The predicted molar refractivity (Wildman–Crippen MR) is 74.5 cm³/mol. The molecule has 4 nitrogen and oxygen atoms in total. The number of amides is 1. The fourth-order valence-electron chi connectivity index (χ4n) is 2.69. The van der Waals surface area contributed by atoms with Gasteiger partial charge in [-0.3, -0.25) is 4.90 Å². The van der Waals surface area contributed by atoms with Gasteiger partial charge in [0.15, 0.2) is 0 Å². The molecule has 1 saturated heterocycles. The van der Waals surface area contributed by atoms with Crippen LogP contribution < -0.4 is 4.90 Å². The summed E-state index contributed by atoms with van der Waals surface area (Å²) in [5.41, 5.74) is 2.95. The number of aromatic amines is 1. The minimum absolute atomic E-state index is 0.272. The Balaban J connectivity index is 2.03.